The molecule has 0 aromatic carbocycles. The summed E-state index contributed by atoms with van der Waals surface area (Å²) < 4.78 is 0. The fourth-order valence-electron chi connectivity index (χ4n) is 4.27. The van der Waals surface area contributed by atoms with E-state index >= 15 is 0 Å². The second kappa shape index (κ2) is 23.6. The van der Waals surface area contributed by atoms with Gasteiger partial charge in [-0.05, 0) is 45.4 Å². The molecule has 0 heterocycles. The molecular weight excluding hydrogens is 508 g/mol. The molecule has 4 atom stereocenters. The van der Waals surface area contributed by atoms with Crippen molar-refractivity contribution in [1.29, 1.82) is 0 Å². The Morgan fingerprint density at radius 2 is 1.23 bits per heavy atom. The second-order valence-corrected chi connectivity index (χ2v) is 10.3. The fourth-order valence-corrected chi connectivity index (χ4v) is 4.27. The van der Waals surface area contributed by atoms with Gasteiger partial charge in [-0.3, -0.25) is 25.7 Å². The Balaban J connectivity index is 3.90. The predicted molar refractivity (Wildman–Crippen MR) is 147 cm³/mol. The molecule has 4 unspecified atom stereocenters. The summed E-state index contributed by atoms with van der Waals surface area (Å²) in [6.45, 7) is 1.86. The van der Waals surface area contributed by atoms with Crippen molar-refractivity contribution < 1.29 is 39.6 Å². The topological polar surface area (TPSA) is 211 Å². The van der Waals surface area contributed by atoms with Gasteiger partial charge in [0.15, 0.2) is 0 Å². The summed E-state index contributed by atoms with van der Waals surface area (Å²) in [5.41, 5.74) is 2.48. The van der Waals surface area contributed by atoms with Crippen molar-refractivity contribution in [1.82, 2.24) is 16.1 Å². The molecule has 0 fully saturated rings. The molecular formula is C27H52N4O8. The zero-order valence-corrected chi connectivity index (χ0v) is 23.5. The predicted octanol–water partition coefficient (Wildman–Crippen LogP) is 1.96. The average molecular weight is 561 g/mol. The van der Waals surface area contributed by atoms with E-state index in [0.717, 1.165) is 57.8 Å². The first-order chi connectivity index (χ1) is 18.6. The van der Waals surface area contributed by atoms with Gasteiger partial charge in [0.05, 0.1) is 12.2 Å². The molecule has 0 aliphatic carbocycles. The van der Waals surface area contributed by atoms with Crippen molar-refractivity contribution in [2.45, 2.75) is 140 Å². The summed E-state index contributed by atoms with van der Waals surface area (Å²) in [5.74, 6) is 2.86. The summed E-state index contributed by atoms with van der Waals surface area (Å²) >= 11 is 0. The van der Waals surface area contributed by atoms with E-state index in [0.29, 0.717) is 32.2 Å². The third-order valence-corrected chi connectivity index (χ3v) is 6.72. The molecule has 0 aromatic heterocycles. The van der Waals surface area contributed by atoms with Crippen LogP contribution in [0.5, 0.6) is 0 Å². The maximum absolute atomic E-state index is 12.2. The first-order valence-corrected chi connectivity index (χ1v) is 14.4. The summed E-state index contributed by atoms with van der Waals surface area (Å²) in [5, 5.41) is 42.5. The molecule has 228 valence electrons. The van der Waals surface area contributed by atoms with E-state index in [2.05, 4.69) is 16.1 Å². The van der Waals surface area contributed by atoms with Crippen LogP contribution in [-0.2, 0) is 19.2 Å². The van der Waals surface area contributed by atoms with Crippen molar-refractivity contribution in [2.24, 2.45) is 5.84 Å². The van der Waals surface area contributed by atoms with Gasteiger partial charge >= 0.3 is 11.9 Å². The van der Waals surface area contributed by atoms with Crippen LogP contribution in [0.25, 0.3) is 0 Å². The number of amides is 2. The number of carbonyl (C=O) groups excluding carboxylic acids is 2. The number of carboxylic acid groups (broad SMARTS) is 2. The Kier molecular flexibility index (Phi) is 22.2. The van der Waals surface area contributed by atoms with E-state index in [1.807, 2.05) is 0 Å². The van der Waals surface area contributed by atoms with Crippen LogP contribution in [0.1, 0.15) is 116 Å². The minimum Gasteiger partial charge on any atom is -0.481 e. The number of aliphatic carboxylic acids is 2. The number of unbranched alkanes of at least 4 members (excludes halogenated alkanes) is 10. The molecule has 0 aliphatic rings. The zero-order chi connectivity index (χ0) is 29.5. The van der Waals surface area contributed by atoms with Crippen LogP contribution in [0.2, 0.25) is 0 Å². The number of hydrazine groups is 1. The van der Waals surface area contributed by atoms with E-state index in [-0.39, 0.29) is 37.5 Å². The van der Waals surface area contributed by atoms with Crippen LogP contribution in [0.3, 0.4) is 0 Å². The molecule has 0 saturated carbocycles. The Bertz CT molecular complexity index is 693. The highest BCUT2D eigenvalue weighted by Crippen LogP contribution is 2.12. The van der Waals surface area contributed by atoms with Crippen molar-refractivity contribution in [3.05, 3.63) is 0 Å². The number of nitrogens with one attached hydrogen (secondary N) is 3. The molecule has 0 rings (SSSR count). The first kappa shape index (κ1) is 36.7. The number of hydrogen-bond acceptors (Lipinski definition) is 8. The Morgan fingerprint density at radius 3 is 1.72 bits per heavy atom. The average Bonchev–Trinajstić information content (AvgIpc) is 2.88. The lowest BCUT2D eigenvalue weighted by Crippen LogP contribution is -2.48. The highest BCUT2D eigenvalue weighted by atomic mass is 16.4. The van der Waals surface area contributed by atoms with Crippen LogP contribution in [0.4, 0.5) is 0 Å². The standard InChI is InChI=1S/C27H52N4O8/c1-20(32)26(37)21(31-28)14-12-13-19-29-23(33)18-17-22(27(38)39)30-24(34)15-10-8-6-4-2-3-5-7-9-11-16-25(35)36/h20-22,26,31-32,37H,2-19,28H2,1H3,(H,29,33)(H,30,34)(H,35,36)(H,38,39). The molecule has 0 radical (unpaired) electrons. The number of aliphatic hydroxyl groups is 2. The lowest BCUT2D eigenvalue weighted by atomic mass is 10.0. The molecule has 0 aromatic rings. The van der Waals surface area contributed by atoms with Crippen molar-refractivity contribution in [3.63, 3.8) is 0 Å². The number of carbonyl (C=O) groups is 4. The van der Waals surface area contributed by atoms with E-state index < -0.39 is 36.2 Å². The molecule has 0 spiro atoms. The maximum Gasteiger partial charge on any atom is 0.326 e. The van der Waals surface area contributed by atoms with Gasteiger partial charge in [0.2, 0.25) is 11.8 Å². The maximum atomic E-state index is 12.2. The summed E-state index contributed by atoms with van der Waals surface area (Å²) in [7, 11) is 0. The van der Waals surface area contributed by atoms with Gasteiger partial charge in [-0.25, -0.2) is 4.79 Å². The van der Waals surface area contributed by atoms with Gasteiger partial charge in [0.25, 0.3) is 0 Å². The summed E-state index contributed by atoms with van der Waals surface area (Å²) in [6, 6.07) is -1.57. The SMILES string of the molecule is CC(O)C(O)C(CCCCNC(=O)CCC(NC(=O)CCCCCCCCCCCCC(=O)O)C(=O)O)NN. The number of carboxylic acids is 2. The Labute approximate surface area is 232 Å². The van der Waals surface area contributed by atoms with Crippen molar-refractivity contribution in [2.75, 3.05) is 6.54 Å². The Morgan fingerprint density at radius 1 is 0.692 bits per heavy atom. The van der Waals surface area contributed by atoms with Gasteiger partial charge in [-0.2, -0.15) is 0 Å². The van der Waals surface area contributed by atoms with Gasteiger partial charge in [0, 0.05) is 31.8 Å². The zero-order valence-electron chi connectivity index (χ0n) is 23.5. The minimum atomic E-state index is -1.17. The van der Waals surface area contributed by atoms with Gasteiger partial charge in [-0.15, -0.1) is 0 Å². The first-order valence-electron chi connectivity index (χ1n) is 14.4. The highest BCUT2D eigenvalue weighted by Gasteiger charge is 2.22. The molecule has 2 amide bonds. The molecule has 0 aliphatic heterocycles. The van der Waals surface area contributed by atoms with Gasteiger partial charge in [0.1, 0.15) is 6.04 Å². The molecule has 0 bridgehead atoms. The lowest BCUT2D eigenvalue weighted by Gasteiger charge is -2.24. The number of rotatable bonds is 26. The van der Waals surface area contributed by atoms with E-state index in [1.165, 1.54) is 6.92 Å². The summed E-state index contributed by atoms with van der Waals surface area (Å²) in [6.07, 6.45) is 10.2. The number of hydrogen-bond donors (Lipinski definition) is 8. The summed E-state index contributed by atoms with van der Waals surface area (Å²) in [4.78, 5) is 46.2. The second-order valence-electron chi connectivity index (χ2n) is 10.3. The highest BCUT2D eigenvalue weighted by molar-refractivity contribution is 5.84. The monoisotopic (exact) mass is 560 g/mol. The van der Waals surface area contributed by atoms with Gasteiger partial charge in [-0.1, -0.05) is 51.4 Å². The third kappa shape index (κ3) is 21.2. The normalized spacial score (nSPS) is 14.3. The molecule has 39 heavy (non-hydrogen) atoms. The largest absolute Gasteiger partial charge is 0.481 e. The van der Waals surface area contributed by atoms with Crippen LogP contribution in [-0.4, -0.2) is 75.0 Å². The quantitative estimate of drug-likeness (QED) is 0.0437. The van der Waals surface area contributed by atoms with Crippen molar-refractivity contribution in [3.8, 4) is 0 Å². The van der Waals surface area contributed by atoms with E-state index in [4.69, 9.17) is 10.9 Å². The van der Waals surface area contributed by atoms with Crippen LogP contribution in [0.15, 0.2) is 0 Å². The fraction of sp³-hybridized carbons (Fsp3) is 0.852. The number of nitrogens with two attached hydrogens (primary N) is 1. The smallest absolute Gasteiger partial charge is 0.326 e. The molecule has 0 saturated heterocycles. The van der Waals surface area contributed by atoms with Crippen LogP contribution >= 0.6 is 0 Å². The van der Waals surface area contributed by atoms with E-state index in [1.54, 1.807) is 0 Å². The van der Waals surface area contributed by atoms with Crippen LogP contribution < -0.4 is 21.9 Å². The number of aliphatic hydroxyl groups excluding tert-OH is 2. The Hall–Kier alpha value is -2.28. The molecule has 9 N–H and O–H groups in total. The van der Waals surface area contributed by atoms with Crippen molar-refractivity contribution >= 4 is 23.8 Å². The van der Waals surface area contributed by atoms with E-state index in [9.17, 15) is 34.5 Å². The molecule has 12 nitrogen and oxygen atoms in total. The lowest BCUT2D eigenvalue weighted by molar-refractivity contribution is -0.142. The minimum absolute atomic E-state index is 0.00294. The third-order valence-electron chi connectivity index (χ3n) is 6.72. The molecule has 12 heteroatoms. The van der Waals surface area contributed by atoms with Gasteiger partial charge < -0.3 is 31.1 Å². The van der Waals surface area contributed by atoms with Crippen LogP contribution in [0, 0.1) is 0 Å².